The molecule has 0 saturated carbocycles. The molecule has 2 N–H and O–H groups in total. The SMILES string of the molecule is C.C[C@H](N)c1nc2ccc(F)c(Cl)c2n1-c1ccccc1.Cl. The molecule has 0 unspecified atom stereocenters. The summed E-state index contributed by atoms with van der Waals surface area (Å²) >= 11 is 6.12. The van der Waals surface area contributed by atoms with Gasteiger partial charge in [-0.3, -0.25) is 4.57 Å². The topological polar surface area (TPSA) is 43.8 Å². The summed E-state index contributed by atoms with van der Waals surface area (Å²) in [6.45, 7) is 1.84. The van der Waals surface area contributed by atoms with E-state index in [2.05, 4.69) is 4.98 Å². The highest BCUT2D eigenvalue weighted by Gasteiger charge is 2.19. The molecule has 0 bridgehead atoms. The van der Waals surface area contributed by atoms with Crippen molar-refractivity contribution in [3.63, 3.8) is 0 Å². The summed E-state index contributed by atoms with van der Waals surface area (Å²) < 4.78 is 15.6. The Bertz CT molecular complexity index is 770. The molecule has 1 atom stereocenters. The van der Waals surface area contributed by atoms with E-state index >= 15 is 0 Å². The second-order valence-electron chi connectivity index (χ2n) is 4.66. The molecule has 22 heavy (non-hydrogen) atoms. The van der Waals surface area contributed by atoms with Gasteiger partial charge in [-0.05, 0) is 31.2 Å². The summed E-state index contributed by atoms with van der Waals surface area (Å²) in [5, 5.41) is 0.0609. The monoisotopic (exact) mass is 341 g/mol. The van der Waals surface area contributed by atoms with Gasteiger partial charge >= 0.3 is 0 Å². The van der Waals surface area contributed by atoms with E-state index < -0.39 is 5.82 Å². The molecule has 6 heteroatoms. The lowest BCUT2D eigenvalue weighted by Gasteiger charge is -2.12. The first-order valence-corrected chi connectivity index (χ1v) is 6.64. The maximum atomic E-state index is 13.8. The molecule has 0 fully saturated rings. The minimum absolute atomic E-state index is 0. The van der Waals surface area contributed by atoms with Crippen molar-refractivity contribution in [3.8, 4) is 5.69 Å². The number of hydrogen-bond donors (Lipinski definition) is 1. The van der Waals surface area contributed by atoms with Crippen LogP contribution in [0.2, 0.25) is 5.02 Å². The largest absolute Gasteiger partial charge is 0.322 e. The highest BCUT2D eigenvalue weighted by atomic mass is 35.5. The number of fused-ring (bicyclic) bond motifs is 1. The standard InChI is InChI=1S/C15H13ClFN3.CH4.ClH/c1-9(18)15-19-12-8-7-11(17)13(16)14(12)20(15)10-5-3-2-4-6-10;;/h2-9H,18H2,1H3;1H4;1H/t9-;;/m0../s1. The minimum atomic E-state index is -0.465. The van der Waals surface area contributed by atoms with Crippen LogP contribution in [0, 0.1) is 5.82 Å². The lowest BCUT2D eigenvalue weighted by molar-refractivity contribution is 0.629. The van der Waals surface area contributed by atoms with Crippen LogP contribution in [0.25, 0.3) is 16.7 Å². The number of para-hydroxylation sites is 1. The summed E-state index contributed by atoms with van der Waals surface area (Å²) in [7, 11) is 0. The molecular weight excluding hydrogens is 324 g/mol. The van der Waals surface area contributed by atoms with Gasteiger partial charge in [-0.1, -0.05) is 37.2 Å². The lowest BCUT2D eigenvalue weighted by atomic mass is 10.2. The van der Waals surface area contributed by atoms with Crippen LogP contribution in [0.5, 0.6) is 0 Å². The summed E-state index contributed by atoms with van der Waals surface area (Å²) in [5.74, 6) is 0.186. The van der Waals surface area contributed by atoms with Crippen LogP contribution in [0.3, 0.4) is 0 Å². The molecule has 3 rings (SSSR count). The Balaban J connectivity index is 0.00000121. The fourth-order valence-corrected chi connectivity index (χ4v) is 2.51. The van der Waals surface area contributed by atoms with Crippen molar-refractivity contribution < 1.29 is 4.39 Å². The van der Waals surface area contributed by atoms with Crippen molar-refractivity contribution in [1.82, 2.24) is 9.55 Å². The van der Waals surface area contributed by atoms with Gasteiger partial charge in [-0.25, -0.2) is 9.37 Å². The first kappa shape index (κ1) is 18.4. The van der Waals surface area contributed by atoms with Gasteiger partial charge in [0.25, 0.3) is 0 Å². The van der Waals surface area contributed by atoms with Crippen molar-refractivity contribution in [2.75, 3.05) is 0 Å². The fraction of sp³-hybridized carbons (Fsp3) is 0.188. The molecule has 2 aromatic carbocycles. The summed E-state index contributed by atoms with van der Waals surface area (Å²) in [5.41, 5.74) is 8.02. The number of hydrogen-bond acceptors (Lipinski definition) is 2. The predicted octanol–water partition coefficient (Wildman–Crippen LogP) is 4.90. The molecule has 0 aliphatic rings. The number of halogens is 3. The van der Waals surface area contributed by atoms with Crippen molar-refractivity contribution in [2.45, 2.75) is 20.4 Å². The Morgan fingerprint density at radius 2 is 1.82 bits per heavy atom. The van der Waals surface area contributed by atoms with Crippen LogP contribution in [-0.4, -0.2) is 9.55 Å². The first-order chi connectivity index (χ1) is 9.59. The zero-order chi connectivity index (χ0) is 14.3. The normalized spacial score (nSPS) is 11.6. The van der Waals surface area contributed by atoms with Gasteiger partial charge in [0.2, 0.25) is 0 Å². The highest BCUT2D eigenvalue weighted by Crippen LogP contribution is 2.31. The van der Waals surface area contributed by atoms with E-state index in [9.17, 15) is 4.39 Å². The number of nitrogens with zero attached hydrogens (tertiary/aromatic N) is 2. The number of aromatic nitrogens is 2. The Kier molecular flexibility index (Phi) is 5.94. The van der Waals surface area contributed by atoms with Gasteiger partial charge in [-0.15, -0.1) is 12.4 Å². The van der Waals surface area contributed by atoms with E-state index in [4.69, 9.17) is 17.3 Å². The van der Waals surface area contributed by atoms with E-state index in [1.807, 2.05) is 41.8 Å². The van der Waals surface area contributed by atoms with Crippen LogP contribution in [-0.2, 0) is 0 Å². The molecule has 3 aromatic rings. The molecule has 1 aromatic heterocycles. The zero-order valence-electron chi connectivity index (χ0n) is 11.3. The molecule has 0 aliphatic carbocycles. The Labute approximate surface area is 140 Å². The molecule has 3 nitrogen and oxygen atoms in total. The molecule has 0 radical (unpaired) electrons. The van der Waals surface area contributed by atoms with Gasteiger partial charge in [0.1, 0.15) is 16.7 Å². The Hall–Kier alpha value is -1.62. The van der Waals surface area contributed by atoms with Crippen molar-refractivity contribution in [1.29, 1.82) is 0 Å². The molecule has 118 valence electrons. The van der Waals surface area contributed by atoms with Crippen LogP contribution in [0.4, 0.5) is 4.39 Å². The quantitative estimate of drug-likeness (QED) is 0.720. The average molecular weight is 342 g/mol. The molecule has 0 spiro atoms. The Morgan fingerprint density at radius 3 is 2.41 bits per heavy atom. The van der Waals surface area contributed by atoms with Gasteiger partial charge in [-0.2, -0.15) is 0 Å². The number of rotatable bonds is 2. The summed E-state index contributed by atoms with van der Waals surface area (Å²) in [6.07, 6.45) is 0. The van der Waals surface area contributed by atoms with Gasteiger partial charge in [0, 0.05) is 5.69 Å². The molecule has 0 aliphatic heterocycles. The van der Waals surface area contributed by atoms with Crippen molar-refractivity contribution in [3.05, 3.63) is 59.1 Å². The smallest absolute Gasteiger partial charge is 0.144 e. The fourth-order valence-electron chi connectivity index (χ4n) is 2.26. The maximum absolute atomic E-state index is 13.8. The minimum Gasteiger partial charge on any atom is -0.322 e. The van der Waals surface area contributed by atoms with E-state index in [-0.39, 0.29) is 30.9 Å². The second kappa shape index (κ2) is 7.09. The van der Waals surface area contributed by atoms with Gasteiger partial charge in [0.15, 0.2) is 0 Å². The third-order valence-corrected chi connectivity index (χ3v) is 3.52. The van der Waals surface area contributed by atoms with Crippen LogP contribution < -0.4 is 5.73 Å². The third kappa shape index (κ3) is 2.95. The van der Waals surface area contributed by atoms with Crippen LogP contribution >= 0.6 is 24.0 Å². The highest BCUT2D eigenvalue weighted by molar-refractivity contribution is 6.35. The van der Waals surface area contributed by atoms with Crippen molar-refractivity contribution in [2.24, 2.45) is 5.73 Å². The van der Waals surface area contributed by atoms with E-state index in [1.165, 1.54) is 6.07 Å². The van der Waals surface area contributed by atoms with Gasteiger partial charge in [0.05, 0.1) is 17.1 Å². The summed E-state index contributed by atoms with van der Waals surface area (Å²) in [4.78, 5) is 4.48. The first-order valence-electron chi connectivity index (χ1n) is 6.27. The van der Waals surface area contributed by atoms with Gasteiger partial charge < -0.3 is 5.73 Å². The molecular formula is C16H18Cl2FN3. The Morgan fingerprint density at radius 1 is 1.18 bits per heavy atom. The lowest BCUT2D eigenvalue weighted by Crippen LogP contribution is -2.12. The zero-order valence-corrected chi connectivity index (χ0v) is 12.8. The van der Waals surface area contributed by atoms with Crippen molar-refractivity contribution >= 4 is 35.0 Å². The third-order valence-electron chi connectivity index (χ3n) is 3.16. The maximum Gasteiger partial charge on any atom is 0.144 e. The van der Waals surface area contributed by atoms with E-state index in [0.29, 0.717) is 16.9 Å². The van der Waals surface area contributed by atoms with Crippen LogP contribution in [0.1, 0.15) is 26.2 Å². The molecule has 0 amide bonds. The average Bonchev–Trinajstić information content (AvgIpc) is 2.84. The molecule has 0 saturated heterocycles. The number of imidazole rings is 1. The van der Waals surface area contributed by atoms with E-state index in [1.54, 1.807) is 6.07 Å². The second-order valence-corrected chi connectivity index (χ2v) is 5.04. The van der Waals surface area contributed by atoms with Crippen LogP contribution in [0.15, 0.2) is 42.5 Å². The number of benzene rings is 2. The predicted molar refractivity (Wildman–Crippen MR) is 92.6 cm³/mol. The number of nitrogens with two attached hydrogens (primary N) is 1. The summed E-state index contributed by atoms with van der Waals surface area (Å²) in [6, 6.07) is 12.2. The molecule has 1 heterocycles. The van der Waals surface area contributed by atoms with E-state index in [0.717, 1.165) is 5.69 Å².